The van der Waals surface area contributed by atoms with Crippen LogP contribution in [0, 0.1) is 5.92 Å². The van der Waals surface area contributed by atoms with Crippen molar-refractivity contribution in [2.75, 3.05) is 6.61 Å². The number of hydrogen-bond acceptors (Lipinski definition) is 2. The van der Waals surface area contributed by atoms with Gasteiger partial charge in [0.25, 0.3) is 0 Å². The topological polar surface area (TPSA) is 46.2 Å². The van der Waals surface area contributed by atoms with E-state index in [1.807, 2.05) is 12.2 Å². The molecule has 56 valence electrons. The van der Waals surface area contributed by atoms with Gasteiger partial charge < -0.3 is 10.8 Å². The van der Waals surface area contributed by atoms with Gasteiger partial charge in [0.05, 0.1) is 6.61 Å². The Hall–Kier alpha value is -0.760. The quantitative estimate of drug-likeness (QED) is 0.564. The molecule has 2 heteroatoms. The Balaban J connectivity index is 2.83. The molecule has 1 aliphatic rings. The fourth-order valence-electron chi connectivity index (χ4n) is 1.18. The third kappa shape index (κ3) is 1.21. The van der Waals surface area contributed by atoms with Crippen LogP contribution >= 0.6 is 0 Å². The van der Waals surface area contributed by atoms with Crippen molar-refractivity contribution in [1.29, 1.82) is 0 Å². The molecule has 0 aromatic carbocycles. The van der Waals surface area contributed by atoms with E-state index in [0.29, 0.717) is 5.92 Å². The van der Waals surface area contributed by atoms with Gasteiger partial charge in [-0.25, -0.2) is 0 Å². The predicted molar refractivity (Wildman–Crippen MR) is 41.2 cm³/mol. The van der Waals surface area contributed by atoms with Gasteiger partial charge in [0.2, 0.25) is 0 Å². The lowest BCUT2D eigenvalue weighted by atomic mass is 9.92. The van der Waals surface area contributed by atoms with Crippen LogP contribution in [-0.4, -0.2) is 11.7 Å². The van der Waals surface area contributed by atoms with E-state index in [1.54, 1.807) is 0 Å². The van der Waals surface area contributed by atoms with Crippen LogP contribution in [0.25, 0.3) is 0 Å². The van der Waals surface area contributed by atoms with Gasteiger partial charge in [-0.05, 0) is 24.0 Å². The smallest absolute Gasteiger partial charge is 0.0667 e. The minimum atomic E-state index is 0.0946. The largest absolute Gasteiger partial charge is 0.399 e. The van der Waals surface area contributed by atoms with Gasteiger partial charge >= 0.3 is 0 Å². The van der Waals surface area contributed by atoms with Crippen molar-refractivity contribution >= 4 is 0 Å². The highest BCUT2D eigenvalue weighted by Crippen LogP contribution is 2.21. The molecule has 0 aromatic rings. The van der Waals surface area contributed by atoms with Crippen LogP contribution in [0.2, 0.25) is 0 Å². The summed E-state index contributed by atoms with van der Waals surface area (Å²) in [6, 6.07) is 0. The summed E-state index contributed by atoms with van der Waals surface area (Å²) in [4.78, 5) is 0. The third-order valence-electron chi connectivity index (χ3n) is 1.92. The lowest BCUT2D eigenvalue weighted by Gasteiger charge is -2.17. The van der Waals surface area contributed by atoms with Crippen LogP contribution in [0.15, 0.2) is 23.4 Å². The second-order valence-corrected chi connectivity index (χ2v) is 2.68. The predicted octanol–water partition coefficient (Wildman–Crippen LogP) is 0.788. The van der Waals surface area contributed by atoms with Crippen molar-refractivity contribution in [3.05, 3.63) is 23.4 Å². The number of aliphatic hydroxyl groups is 1. The lowest BCUT2D eigenvalue weighted by Crippen LogP contribution is -2.13. The van der Waals surface area contributed by atoms with E-state index in [1.165, 1.54) is 0 Å². The van der Waals surface area contributed by atoms with Crippen molar-refractivity contribution in [1.82, 2.24) is 0 Å². The van der Waals surface area contributed by atoms with Crippen molar-refractivity contribution in [2.24, 2.45) is 11.7 Å². The molecular weight excluding hydrogens is 126 g/mol. The summed E-state index contributed by atoms with van der Waals surface area (Å²) in [6.45, 7) is 2.17. The highest BCUT2D eigenvalue weighted by molar-refractivity contribution is 5.28. The normalized spacial score (nSPS) is 25.6. The van der Waals surface area contributed by atoms with Crippen LogP contribution in [0.1, 0.15) is 13.3 Å². The molecule has 0 aliphatic heterocycles. The summed E-state index contributed by atoms with van der Waals surface area (Å²) >= 11 is 0. The molecule has 1 rings (SSSR count). The second-order valence-electron chi connectivity index (χ2n) is 2.68. The van der Waals surface area contributed by atoms with E-state index in [9.17, 15) is 0 Å². The van der Waals surface area contributed by atoms with E-state index in [4.69, 9.17) is 10.8 Å². The molecule has 3 N–H and O–H groups in total. The van der Waals surface area contributed by atoms with E-state index in [0.717, 1.165) is 17.7 Å². The van der Waals surface area contributed by atoms with Crippen molar-refractivity contribution < 1.29 is 5.11 Å². The molecule has 0 aromatic heterocycles. The Bertz CT molecular complexity index is 182. The van der Waals surface area contributed by atoms with Gasteiger partial charge in [0.15, 0.2) is 0 Å². The molecule has 0 fully saturated rings. The second kappa shape index (κ2) is 2.88. The first kappa shape index (κ1) is 7.35. The molecular formula is C8H13NO. The number of hydrogen-bond donors (Lipinski definition) is 2. The van der Waals surface area contributed by atoms with Crippen LogP contribution in [0.5, 0.6) is 0 Å². The molecule has 0 radical (unpaired) electrons. The average Bonchev–Trinajstić information content (AvgIpc) is 1.88. The minimum absolute atomic E-state index is 0.0946. The van der Waals surface area contributed by atoms with Crippen molar-refractivity contribution in [3.63, 3.8) is 0 Å². The van der Waals surface area contributed by atoms with Crippen LogP contribution in [0.3, 0.4) is 0 Å². The zero-order valence-electron chi connectivity index (χ0n) is 6.17. The van der Waals surface area contributed by atoms with E-state index >= 15 is 0 Å². The number of nitrogens with two attached hydrogens (primary N) is 1. The highest BCUT2D eigenvalue weighted by Gasteiger charge is 2.12. The average molecular weight is 139 g/mol. The molecule has 0 heterocycles. The lowest BCUT2D eigenvalue weighted by molar-refractivity contribution is 0.314. The Morgan fingerprint density at radius 2 is 2.50 bits per heavy atom. The zero-order valence-corrected chi connectivity index (χ0v) is 6.17. The van der Waals surface area contributed by atoms with Crippen LogP contribution in [0.4, 0.5) is 0 Å². The van der Waals surface area contributed by atoms with E-state index in [2.05, 4.69) is 6.92 Å². The SMILES string of the molecule is CC1CC=CC(N)=C1CO. The number of aliphatic hydroxyl groups excluding tert-OH is 1. The highest BCUT2D eigenvalue weighted by atomic mass is 16.3. The molecule has 1 aliphatic carbocycles. The summed E-state index contributed by atoms with van der Waals surface area (Å²) in [7, 11) is 0. The summed E-state index contributed by atoms with van der Waals surface area (Å²) in [6.07, 6.45) is 4.90. The molecule has 0 spiro atoms. The van der Waals surface area contributed by atoms with Gasteiger partial charge in [-0.15, -0.1) is 0 Å². The molecule has 2 nitrogen and oxygen atoms in total. The third-order valence-corrected chi connectivity index (χ3v) is 1.92. The number of allylic oxidation sites excluding steroid dienone is 2. The summed E-state index contributed by atoms with van der Waals surface area (Å²) < 4.78 is 0. The van der Waals surface area contributed by atoms with Crippen molar-refractivity contribution in [3.8, 4) is 0 Å². The fraction of sp³-hybridized carbons (Fsp3) is 0.500. The molecule has 0 amide bonds. The Morgan fingerprint density at radius 3 is 2.90 bits per heavy atom. The summed E-state index contributed by atoms with van der Waals surface area (Å²) in [5, 5.41) is 8.86. The molecule has 0 bridgehead atoms. The maximum Gasteiger partial charge on any atom is 0.0667 e. The van der Waals surface area contributed by atoms with E-state index < -0.39 is 0 Å². The molecule has 0 saturated heterocycles. The maximum atomic E-state index is 8.86. The maximum absolute atomic E-state index is 8.86. The van der Waals surface area contributed by atoms with Crippen molar-refractivity contribution in [2.45, 2.75) is 13.3 Å². The first-order valence-electron chi connectivity index (χ1n) is 3.51. The van der Waals surface area contributed by atoms with Gasteiger partial charge in [0.1, 0.15) is 0 Å². The number of rotatable bonds is 1. The molecule has 0 saturated carbocycles. The molecule has 1 unspecified atom stereocenters. The molecule has 10 heavy (non-hydrogen) atoms. The monoisotopic (exact) mass is 139 g/mol. The Kier molecular flexibility index (Phi) is 2.12. The van der Waals surface area contributed by atoms with Crippen LogP contribution < -0.4 is 5.73 Å². The van der Waals surface area contributed by atoms with Gasteiger partial charge in [-0.2, -0.15) is 0 Å². The zero-order chi connectivity index (χ0) is 7.56. The fourth-order valence-corrected chi connectivity index (χ4v) is 1.18. The van der Waals surface area contributed by atoms with Crippen LogP contribution in [-0.2, 0) is 0 Å². The van der Waals surface area contributed by atoms with Gasteiger partial charge in [-0.3, -0.25) is 0 Å². The summed E-state index contributed by atoms with van der Waals surface area (Å²) in [5.74, 6) is 0.412. The van der Waals surface area contributed by atoms with Gasteiger partial charge in [0, 0.05) is 5.70 Å². The Morgan fingerprint density at radius 1 is 1.80 bits per heavy atom. The Labute approximate surface area is 61.0 Å². The first-order chi connectivity index (χ1) is 4.75. The summed E-state index contributed by atoms with van der Waals surface area (Å²) in [5.41, 5.74) is 7.32. The first-order valence-corrected chi connectivity index (χ1v) is 3.51. The minimum Gasteiger partial charge on any atom is -0.399 e. The van der Waals surface area contributed by atoms with E-state index in [-0.39, 0.29) is 6.61 Å². The standard InChI is InChI=1S/C8H13NO/c1-6-3-2-4-8(9)7(6)5-10/h2,4,6,10H,3,5,9H2,1H3. The molecule has 1 atom stereocenters. The van der Waals surface area contributed by atoms with Gasteiger partial charge in [-0.1, -0.05) is 13.0 Å².